The predicted molar refractivity (Wildman–Crippen MR) is 118 cm³/mol. The summed E-state index contributed by atoms with van der Waals surface area (Å²) in [6, 6.07) is 8.70. The zero-order valence-corrected chi connectivity index (χ0v) is 17.8. The second-order valence-corrected chi connectivity index (χ2v) is 8.65. The van der Waals surface area contributed by atoms with E-state index in [4.69, 9.17) is 19.9 Å². The van der Waals surface area contributed by atoms with Gasteiger partial charge < -0.3 is 19.9 Å². The molecule has 8 heteroatoms. The molecule has 3 aliphatic heterocycles. The summed E-state index contributed by atoms with van der Waals surface area (Å²) in [5.74, 6) is 7.07. The molecule has 0 aliphatic carbocycles. The number of aliphatic imine (C=N–C) groups is 1. The summed E-state index contributed by atoms with van der Waals surface area (Å²) in [5.41, 5.74) is 7.99. The van der Waals surface area contributed by atoms with E-state index in [1.807, 2.05) is 12.1 Å². The van der Waals surface area contributed by atoms with Gasteiger partial charge in [-0.15, -0.1) is 0 Å². The second kappa shape index (κ2) is 7.02. The van der Waals surface area contributed by atoms with E-state index in [1.165, 1.54) is 18.5 Å². The zero-order chi connectivity index (χ0) is 22.6. The van der Waals surface area contributed by atoms with Gasteiger partial charge in [0.2, 0.25) is 5.88 Å². The van der Waals surface area contributed by atoms with Crippen LogP contribution >= 0.6 is 0 Å². The Morgan fingerprint density at radius 3 is 2.70 bits per heavy atom. The fourth-order valence-electron chi connectivity index (χ4n) is 4.26. The third-order valence-corrected chi connectivity index (χ3v) is 6.09. The van der Waals surface area contributed by atoms with Gasteiger partial charge in [0.15, 0.2) is 5.54 Å². The lowest BCUT2D eigenvalue weighted by molar-refractivity contribution is -0.0648. The highest BCUT2D eigenvalue weighted by atomic mass is 19.1. The molecule has 1 aromatic carbocycles. The van der Waals surface area contributed by atoms with Crippen molar-refractivity contribution in [2.45, 2.75) is 12.5 Å². The van der Waals surface area contributed by atoms with Crippen molar-refractivity contribution >= 4 is 6.02 Å². The first-order valence-corrected chi connectivity index (χ1v) is 10.5. The zero-order valence-electron chi connectivity index (χ0n) is 17.8. The van der Waals surface area contributed by atoms with Crippen LogP contribution in [0.25, 0.3) is 11.1 Å². The largest absolute Gasteiger partial charge is 0.462 e. The standard InChI is InChI=1S/C25H19FN4O3/c1-24(12-31-13-24)6-4-15-8-19-22(29-10-15)33-21-3-2-16(17-11-28-7-5-20(17)26)9-18(21)25(19)14-32-23(27)30-25/h2-3,5,7-11H,12-14H2,1H3,(H2,27,30). The molecule has 1 fully saturated rings. The SMILES string of the molecule is CC1(C#Cc2cnc3c(c2)C2(COC(N)=N2)c2cc(-c4cnccc4F)ccc2O3)COC1. The van der Waals surface area contributed by atoms with E-state index in [1.54, 1.807) is 18.3 Å². The highest BCUT2D eigenvalue weighted by Gasteiger charge is 2.48. The number of nitrogens with two attached hydrogens (primary N) is 1. The topological polar surface area (TPSA) is 91.9 Å². The van der Waals surface area contributed by atoms with E-state index < -0.39 is 5.54 Å². The summed E-state index contributed by atoms with van der Waals surface area (Å²) in [5, 5.41) is 0. The van der Waals surface area contributed by atoms with Crippen LogP contribution in [0, 0.1) is 23.1 Å². The molecule has 1 atom stereocenters. The summed E-state index contributed by atoms with van der Waals surface area (Å²) < 4.78 is 31.5. The van der Waals surface area contributed by atoms with Crippen molar-refractivity contribution in [2.24, 2.45) is 16.1 Å². The molecule has 1 saturated heterocycles. The Morgan fingerprint density at radius 1 is 1.09 bits per heavy atom. The minimum atomic E-state index is -0.976. The van der Waals surface area contributed by atoms with E-state index in [2.05, 4.69) is 33.7 Å². The number of rotatable bonds is 1. The molecule has 2 N–H and O–H groups in total. The number of halogens is 1. The van der Waals surface area contributed by atoms with Gasteiger partial charge >= 0.3 is 0 Å². The molecule has 2 aromatic heterocycles. The molecule has 0 amide bonds. The average Bonchev–Trinajstić information content (AvgIpc) is 3.19. The van der Waals surface area contributed by atoms with Crippen LogP contribution in [0.1, 0.15) is 23.6 Å². The number of fused-ring (bicyclic) bond motifs is 4. The monoisotopic (exact) mass is 442 g/mol. The Balaban J connectivity index is 1.50. The van der Waals surface area contributed by atoms with Crippen LogP contribution in [0.15, 0.2) is 53.9 Å². The summed E-state index contributed by atoms with van der Waals surface area (Å²) in [7, 11) is 0. The lowest BCUT2D eigenvalue weighted by atomic mass is 9.81. The molecule has 0 saturated carbocycles. The van der Waals surface area contributed by atoms with Gasteiger partial charge in [-0.1, -0.05) is 17.9 Å². The fraction of sp³-hybridized carbons (Fsp3) is 0.240. The number of aromatic nitrogens is 2. The summed E-state index contributed by atoms with van der Waals surface area (Å²) in [4.78, 5) is 13.2. The van der Waals surface area contributed by atoms with E-state index in [-0.39, 0.29) is 23.9 Å². The Morgan fingerprint density at radius 2 is 1.97 bits per heavy atom. The maximum Gasteiger partial charge on any atom is 0.283 e. The summed E-state index contributed by atoms with van der Waals surface area (Å²) in [6.07, 6.45) is 4.58. The summed E-state index contributed by atoms with van der Waals surface area (Å²) in [6.45, 7) is 3.46. The number of pyridine rings is 2. The minimum Gasteiger partial charge on any atom is -0.462 e. The van der Waals surface area contributed by atoms with Crippen molar-refractivity contribution in [3.05, 3.63) is 71.4 Å². The van der Waals surface area contributed by atoms with Gasteiger partial charge in [0.25, 0.3) is 6.02 Å². The molecule has 164 valence electrons. The van der Waals surface area contributed by atoms with Gasteiger partial charge in [-0.3, -0.25) is 4.98 Å². The second-order valence-electron chi connectivity index (χ2n) is 8.65. The van der Waals surface area contributed by atoms with Crippen LogP contribution in [-0.4, -0.2) is 35.8 Å². The number of nitrogens with zero attached hydrogens (tertiary/aromatic N) is 3. The maximum absolute atomic E-state index is 14.5. The lowest BCUT2D eigenvalue weighted by Gasteiger charge is -2.33. The minimum absolute atomic E-state index is 0.0716. The Bertz CT molecular complexity index is 1390. The number of ether oxygens (including phenoxy) is 3. The lowest BCUT2D eigenvalue weighted by Crippen LogP contribution is -2.38. The van der Waals surface area contributed by atoms with E-state index in [0.717, 1.165) is 5.56 Å². The highest BCUT2D eigenvalue weighted by molar-refractivity contribution is 5.77. The molecule has 33 heavy (non-hydrogen) atoms. The first kappa shape index (κ1) is 19.7. The Labute approximate surface area is 189 Å². The predicted octanol–water partition coefficient (Wildman–Crippen LogP) is 3.36. The third kappa shape index (κ3) is 3.12. The highest BCUT2D eigenvalue weighted by Crippen LogP contribution is 2.51. The fourth-order valence-corrected chi connectivity index (χ4v) is 4.26. The van der Waals surface area contributed by atoms with Crippen molar-refractivity contribution in [3.63, 3.8) is 0 Å². The normalized spacial score (nSPS) is 21.5. The molecule has 3 aliphatic rings. The number of benzene rings is 1. The van der Waals surface area contributed by atoms with Crippen LogP contribution in [0.3, 0.4) is 0 Å². The van der Waals surface area contributed by atoms with Crippen LogP contribution in [0.2, 0.25) is 0 Å². The number of hydrogen-bond acceptors (Lipinski definition) is 7. The van der Waals surface area contributed by atoms with E-state index in [9.17, 15) is 4.39 Å². The number of amidine groups is 1. The van der Waals surface area contributed by atoms with Crippen molar-refractivity contribution in [1.29, 1.82) is 0 Å². The Hall–Kier alpha value is -3.96. The van der Waals surface area contributed by atoms with Gasteiger partial charge in [-0.25, -0.2) is 14.4 Å². The molecular weight excluding hydrogens is 423 g/mol. The molecule has 1 spiro atoms. The Kier molecular flexibility index (Phi) is 4.19. The molecule has 5 heterocycles. The van der Waals surface area contributed by atoms with Crippen molar-refractivity contribution in [1.82, 2.24) is 9.97 Å². The molecular formula is C25H19FN4O3. The van der Waals surface area contributed by atoms with Gasteiger partial charge in [-0.05, 0) is 36.8 Å². The maximum atomic E-state index is 14.5. The average molecular weight is 442 g/mol. The van der Waals surface area contributed by atoms with Crippen molar-refractivity contribution in [3.8, 4) is 34.6 Å². The molecule has 3 aromatic rings. The first-order chi connectivity index (χ1) is 16.0. The van der Waals surface area contributed by atoms with Crippen LogP contribution in [0.4, 0.5) is 4.39 Å². The van der Waals surface area contributed by atoms with Gasteiger partial charge in [0.1, 0.15) is 18.2 Å². The van der Waals surface area contributed by atoms with Crippen LogP contribution in [0.5, 0.6) is 11.6 Å². The molecule has 6 rings (SSSR count). The van der Waals surface area contributed by atoms with Crippen molar-refractivity contribution in [2.75, 3.05) is 19.8 Å². The quantitative estimate of drug-likeness (QED) is 0.581. The summed E-state index contributed by atoms with van der Waals surface area (Å²) >= 11 is 0. The molecule has 0 bridgehead atoms. The van der Waals surface area contributed by atoms with E-state index in [0.29, 0.717) is 47.1 Å². The smallest absolute Gasteiger partial charge is 0.283 e. The molecule has 1 unspecified atom stereocenters. The molecule has 0 radical (unpaired) electrons. The van der Waals surface area contributed by atoms with Gasteiger partial charge in [0, 0.05) is 35.3 Å². The number of hydrogen-bond donors (Lipinski definition) is 1. The van der Waals surface area contributed by atoms with Gasteiger partial charge in [0.05, 0.1) is 24.2 Å². The molecule has 7 nitrogen and oxygen atoms in total. The van der Waals surface area contributed by atoms with E-state index >= 15 is 0 Å². The van der Waals surface area contributed by atoms with Crippen LogP contribution in [-0.2, 0) is 15.0 Å². The first-order valence-electron chi connectivity index (χ1n) is 10.5. The third-order valence-electron chi connectivity index (χ3n) is 6.09. The van der Waals surface area contributed by atoms with Crippen LogP contribution < -0.4 is 10.5 Å². The van der Waals surface area contributed by atoms with Crippen molar-refractivity contribution < 1.29 is 18.6 Å². The van der Waals surface area contributed by atoms with Gasteiger partial charge in [-0.2, -0.15) is 0 Å².